The predicted molar refractivity (Wildman–Crippen MR) is 197 cm³/mol. The van der Waals surface area contributed by atoms with E-state index in [4.69, 9.17) is 4.42 Å². The summed E-state index contributed by atoms with van der Waals surface area (Å²) >= 11 is 0. The lowest BCUT2D eigenvalue weighted by Gasteiger charge is -2.29. The zero-order valence-electron chi connectivity index (χ0n) is 26.4. The van der Waals surface area contributed by atoms with Crippen LogP contribution in [0, 0.1) is 0 Å². The zero-order chi connectivity index (χ0) is 31.5. The molecule has 1 aliphatic carbocycles. The highest BCUT2D eigenvalue weighted by molar-refractivity contribution is 6.15. The SMILES string of the molecule is CC1(C)c2ccccc2-c2c(N(c3ccc(-c4ccccc4)cc3)c3cccc4oc5ccc(-c6ccccc6)cc5c34)cccc21. The van der Waals surface area contributed by atoms with Crippen LogP contribution in [0.3, 0.4) is 0 Å². The lowest BCUT2D eigenvalue weighted by atomic mass is 9.82. The average Bonchev–Trinajstić information content (AvgIpc) is 3.62. The van der Waals surface area contributed by atoms with Gasteiger partial charge in [0, 0.05) is 22.1 Å². The quantitative estimate of drug-likeness (QED) is 0.195. The van der Waals surface area contributed by atoms with Gasteiger partial charge in [0.15, 0.2) is 0 Å². The number of hydrogen-bond donors (Lipinski definition) is 0. The number of furan rings is 1. The second kappa shape index (κ2) is 10.6. The van der Waals surface area contributed by atoms with Crippen molar-refractivity contribution in [2.45, 2.75) is 19.3 Å². The van der Waals surface area contributed by atoms with Crippen molar-refractivity contribution in [1.29, 1.82) is 0 Å². The minimum atomic E-state index is -0.107. The highest BCUT2D eigenvalue weighted by Crippen LogP contribution is 2.55. The molecule has 2 heteroatoms. The van der Waals surface area contributed by atoms with Crippen LogP contribution in [0.15, 0.2) is 168 Å². The fourth-order valence-electron chi connectivity index (χ4n) is 7.57. The molecule has 0 fully saturated rings. The van der Waals surface area contributed by atoms with Crippen molar-refractivity contribution in [3.8, 4) is 33.4 Å². The third-order valence-electron chi connectivity index (χ3n) is 9.88. The molecule has 0 amide bonds. The maximum atomic E-state index is 6.54. The molecular formula is C45H33NO. The first kappa shape index (κ1) is 27.5. The van der Waals surface area contributed by atoms with E-state index in [1.807, 2.05) is 0 Å². The largest absolute Gasteiger partial charge is 0.456 e. The smallest absolute Gasteiger partial charge is 0.137 e. The van der Waals surface area contributed by atoms with E-state index in [9.17, 15) is 0 Å². The van der Waals surface area contributed by atoms with E-state index in [1.165, 1.54) is 44.5 Å². The normalized spacial score (nSPS) is 13.1. The van der Waals surface area contributed by atoms with E-state index in [0.29, 0.717) is 0 Å². The lowest BCUT2D eigenvalue weighted by molar-refractivity contribution is 0.660. The van der Waals surface area contributed by atoms with Gasteiger partial charge in [0.1, 0.15) is 11.2 Å². The summed E-state index contributed by atoms with van der Waals surface area (Å²) in [6, 6.07) is 58.8. The van der Waals surface area contributed by atoms with Gasteiger partial charge in [-0.3, -0.25) is 0 Å². The van der Waals surface area contributed by atoms with Gasteiger partial charge >= 0.3 is 0 Å². The Balaban J connectivity index is 1.32. The summed E-state index contributed by atoms with van der Waals surface area (Å²) < 4.78 is 6.54. The number of nitrogens with zero attached hydrogens (tertiary/aromatic N) is 1. The molecule has 0 N–H and O–H groups in total. The average molecular weight is 604 g/mol. The molecule has 9 rings (SSSR count). The molecule has 1 aromatic heterocycles. The summed E-state index contributed by atoms with van der Waals surface area (Å²) in [6.45, 7) is 4.69. The van der Waals surface area contributed by atoms with Crippen molar-refractivity contribution in [2.24, 2.45) is 0 Å². The van der Waals surface area contributed by atoms with Gasteiger partial charge in [-0.2, -0.15) is 0 Å². The van der Waals surface area contributed by atoms with Crippen molar-refractivity contribution in [3.63, 3.8) is 0 Å². The Bertz CT molecular complexity index is 2420. The molecule has 0 bridgehead atoms. The van der Waals surface area contributed by atoms with Gasteiger partial charge in [-0.25, -0.2) is 0 Å². The Morgan fingerprint density at radius 1 is 0.468 bits per heavy atom. The molecule has 8 aromatic rings. The van der Waals surface area contributed by atoms with Crippen molar-refractivity contribution in [1.82, 2.24) is 0 Å². The fraction of sp³-hybridized carbons (Fsp3) is 0.0667. The molecule has 0 saturated carbocycles. The highest BCUT2D eigenvalue weighted by atomic mass is 16.3. The Morgan fingerprint density at radius 2 is 1.06 bits per heavy atom. The van der Waals surface area contributed by atoms with E-state index < -0.39 is 0 Å². The number of fused-ring (bicyclic) bond motifs is 6. The second-order valence-corrected chi connectivity index (χ2v) is 12.9. The van der Waals surface area contributed by atoms with E-state index in [0.717, 1.165) is 39.0 Å². The van der Waals surface area contributed by atoms with Crippen LogP contribution in [0.1, 0.15) is 25.0 Å². The first-order chi connectivity index (χ1) is 23.1. The van der Waals surface area contributed by atoms with Crippen molar-refractivity contribution in [3.05, 3.63) is 175 Å². The van der Waals surface area contributed by atoms with E-state index in [2.05, 4.69) is 183 Å². The summed E-state index contributed by atoms with van der Waals surface area (Å²) in [5, 5.41) is 2.21. The van der Waals surface area contributed by atoms with Gasteiger partial charge in [-0.05, 0) is 81.4 Å². The van der Waals surface area contributed by atoms with Crippen LogP contribution in [-0.4, -0.2) is 0 Å². The van der Waals surface area contributed by atoms with Crippen molar-refractivity contribution < 1.29 is 4.42 Å². The van der Waals surface area contributed by atoms with E-state index in [1.54, 1.807) is 0 Å². The third kappa shape index (κ3) is 4.33. The van der Waals surface area contributed by atoms with Crippen LogP contribution >= 0.6 is 0 Å². The molecule has 0 unspecified atom stereocenters. The fourth-order valence-corrected chi connectivity index (χ4v) is 7.57. The Hall–Kier alpha value is -5.86. The maximum Gasteiger partial charge on any atom is 0.137 e. The summed E-state index contributed by atoms with van der Waals surface area (Å²) in [5.41, 5.74) is 15.1. The second-order valence-electron chi connectivity index (χ2n) is 12.9. The Kier molecular flexibility index (Phi) is 6.20. The van der Waals surface area contributed by atoms with Gasteiger partial charge in [0.05, 0.1) is 16.8 Å². The van der Waals surface area contributed by atoms with Crippen LogP contribution in [0.4, 0.5) is 17.1 Å². The Labute approximate surface area is 275 Å². The van der Waals surface area contributed by atoms with Gasteiger partial charge in [0.25, 0.3) is 0 Å². The molecule has 2 nitrogen and oxygen atoms in total. The standard InChI is InChI=1S/C45H33NO/c1-45(2)37-18-10-9-17-35(37)43-38(45)19-11-20-39(43)46(34-26-23-32(24-27-34)30-13-5-3-6-14-30)40-21-12-22-42-44(40)36-29-33(25-28-41(36)47-42)31-15-7-4-8-16-31/h3-29H,1-2H3. The molecule has 0 spiro atoms. The molecule has 0 radical (unpaired) electrons. The topological polar surface area (TPSA) is 16.4 Å². The van der Waals surface area contributed by atoms with Crippen LogP contribution in [0.25, 0.3) is 55.3 Å². The molecule has 0 aliphatic heterocycles. The van der Waals surface area contributed by atoms with Gasteiger partial charge < -0.3 is 9.32 Å². The van der Waals surface area contributed by atoms with Gasteiger partial charge in [-0.1, -0.05) is 135 Å². The van der Waals surface area contributed by atoms with Gasteiger partial charge in [-0.15, -0.1) is 0 Å². The minimum Gasteiger partial charge on any atom is -0.456 e. The summed E-state index contributed by atoms with van der Waals surface area (Å²) in [6.07, 6.45) is 0. The van der Waals surface area contributed by atoms with E-state index >= 15 is 0 Å². The molecule has 47 heavy (non-hydrogen) atoms. The summed E-state index contributed by atoms with van der Waals surface area (Å²) in [5.74, 6) is 0. The van der Waals surface area contributed by atoms with E-state index in [-0.39, 0.29) is 5.41 Å². The number of anilines is 3. The predicted octanol–water partition coefficient (Wildman–Crippen LogP) is 12.7. The number of rotatable bonds is 5. The summed E-state index contributed by atoms with van der Waals surface area (Å²) in [7, 11) is 0. The first-order valence-electron chi connectivity index (χ1n) is 16.3. The minimum absolute atomic E-state index is 0.107. The summed E-state index contributed by atoms with van der Waals surface area (Å²) in [4.78, 5) is 2.44. The van der Waals surface area contributed by atoms with Crippen LogP contribution in [-0.2, 0) is 5.41 Å². The molecule has 1 heterocycles. The lowest BCUT2D eigenvalue weighted by Crippen LogP contribution is -2.16. The van der Waals surface area contributed by atoms with Crippen LogP contribution < -0.4 is 4.90 Å². The molecule has 7 aromatic carbocycles. The molecule has 224 valence electrons. The first-order valence-corrected chi connectivity index (χ1v) is 16.3. The van der Waals surface area contributed by atoms with Crippen molar-refractivity contribution >= 4 is 39.0 Å². The highest BCUT2D eigenvalue weighted by Gasteiger charge is 2.38. The maximum absolute atomic E-state index is 6.54. The zero-order valence-corrected chi connectivity index (χ0v) is 26.4. The van der Waals surface area contributed by atoms with Crippen LogP contribution in [0.2, 0.25) is 0 Å². The molecule has 1 aliphatic rings. The molecular weight excluding hydrogens is 571 g/mol. The third-order valence-corrected chi connectivity index (χ3v) is 9.88. The van der Waals surface area contributed by atoms with Crippen LogP contribution in [0.5, 0.6) is 0 Å². The monoisotopic (exact) mass is 603 g/mol. The molecule has 0 saturated heterocycles. The Morgan fingerprint density at radius 3 is 1.83 bits per heavy atom. The van der Waals surface area contributed by atoms with Crippen molar-refractivity contribution in [2.75, 3.05) is 4.90 Å². The molecule has 0 atom stereocenters. The number of benzene rings is 7. The van der Waals surface area contributed by atoms with Gasteiger partial charge in [0.2, 0.25) is 0 Å². The number of hydrogen-bond acceptors (Lipinski definition) is 2.